The summed E-state index contributed by atoms with van der Waals surface area (Å²) in [4.78, 5) is 0. The molecule has 2 fully saturated rings. The van der Waals surface area contributed by atoms with Gasteiger partial charge >= 0.3 is 0 Å². The average molecular weight is 250 g/mol. The molecule has 3 aliphatic rings. The van der Waals surface area contributed by atoms with Gasteiger partial charge in [0.1, 0.15) is 0 Å². The molecule has 0 N–H and O–H groups in total. The summed E-state index contributed by atoms with van der Waals surface area (Å²) in [5.41, 5.74) is 1.58. The topological polar surface area (TPSA) is 0 Å². The van der Waals surface area contributed by atoms with Crippen LogP contribution in [0.4, 0.5) is 0 Å². The van der Waals surface area contributed by atoms with Crippen LogP contribution in [0.5, 0.6) is 0 Å². The van der Waals surface area contributed by atoms with Crippen LogP contribution < -0.4 is 0 Å². The van der Waals surface area contributed by atoms with E-state index in [1.165, 1.54) is 19.3 Å². The van der Waals surface area contributed by atoms with Crippen LogP contribution in [0.15, 0.2) is 0 Å². The standard InChI is InChI=1S/C16H27P/c1-5-11-6-13(11)12-7-15-14(9-17-15)16(3,4)8-10(12)2/h9-15H,5-8H2,1-4H3. The highest BCUT2D eigenvalue weighted by Crippen LogP contribution is 2.58. The van der Waals surface area contributed by atoms with Crippen molar-refractivity contribution in [2.75, 3.05) is 0 Å². The SMILES string of the molecule is CCC1CC1C1CC2P=CC2C(C)(C)CC1C. The zero-order valence-electron chi connectivity index (χ0n) is 11.8. The van der Waals surface area contributed by atoms with Crippen molar-refractivity contribution in [1.82, 2.24) is 0 Å². The van der Waals surface area contributed by atoms with Gasteiger partial charge in [0.25, 0.3) is 0 Å². The van der Waals surface area contributed by atoms with E-state index in [0.29, 0.717) is 5.41 Å². The Morgan fingerprint density at radius 2 is 2.00 bits per heavy atom. The lowest BCUT2D eigenvalue weighted by molar-refractivity contribution is 0.208. The van der Waals surface area contributed by atoms with Gasteiger partial charge in [0.05, 0.1) is 0 Å². The van der Waals surface area contributed by atoms with Crippen molar-refractivity contribution in [2.24, 2.45) is 35.0 Å². The maximum Gasteiger partial charge on any atom is 0.00800 e. The molecule has 6 unspecified atom stereocenters. The van der Waals surface area contributed by atoms with Crippen molar-refractivity contribution in [1.29, 1.82) is 0 Å². The van der Waals surface area contributed by atoms with Crippen molar-refractivity contribution >= 4 is 14.0 Å². The number of rotatable bonds is 2. The molecule has 1 heteroatoms. The molecule has 2 saturated carbocycles. The lowest BCUT2D eigenvalue weighted by Crippen LogP contribution is -2.35. The van der Waals surface area contributed by atoms with Crippen LogP contribution in [0.1, 0.15) is 53.4 Å². The Bertz CT molecular complexity index is 330. The van der Waals surface area contributed by atoms with Crippen LogP contribution in [0.25, 0.3) is 0 Å². The Labute approximate surface area is 108 Å². The fourth-order valence-electron chi connectivity index (χ4n) is 4.71. The molecule has 0 aromatic carbocycles. The van der Waals surface area contributed by atoms with Gasteiger partial charge in [-0.2, -0.15) is 0 Å². The third-order valence-electron chi connectivity index (χ3n) is 5.90. The van der Waals surface area contributed by atoms with Crippen molar-refractivity contribution in [3.63, 3.8) is 0 Å². The molecule has 0 radical (unpaired) electrons. The minimum atomic E-state index is 0.570. The smallest absolute Gasteiger partial charge is 0.00800 e. The fraction of sp³-hybridized carbons (Fsp3) is 0.938. The van der Waals surface area contributed by atoms with E-state index in [2.05, 4.69) is 33.5 Å². The van der Waals surface area contributed by atoms with Crippen LogP contribution in [-0.4, -0.2) is 11.5 Å². The molecular formula is C16H27P. The Morgan fingerprint density at radius 3 is 2.53 bits per heavy atom. The molecule has 6 atom stereocenters. The first kappa shape index (κ1) is 12.2. The van der Waals surface area contributed by atoms with Gasteiger partial charge in [0, 0.05) is 5.66 Å². The summed E-state index contributed by atoms with van der Waals surface area (Å²) in [6.45, 7) is 9.95. The highest BCUT2D eigenvalue weighted by molar-refractivity contribution is 7.42. The van der Waals surface area contributed by atoms with E-state index in [0.717, 1.165) is 35.2 Å². The molecule has 0 aromatic rings. The van der Waals surface area contributed by atoms with E-state index < -0.39 is 0 Å². The van der Waals surface area contributed by atoms with Crippen LogP contribution in [0, 0.1) is 35.0 Å². The van der Waals surface area contributed by atoms with Gasteiger partial charge < -0.3 is 0 Å². The Hall–Kier alpha value is 0.170. The molecule has 1 aliphatic heterocycles. The summed E-state index contributed by atoms with van der Waals surface area (Å²) < 4.78 is 0. The second-order valence-electron chi connectivity index (χ2n) is 7.53. The van der Waals surface area contributed by atoms with E-state index in [1.807, 2.05) is 0 Å². The average Bonchev–Trinajstić information content (AvgIpc) is 2.93. The monoisotopic (exact) mass is 250 g/mol. The van der Waals surface area contributed by atoms with E-state index in [4.69, 9.17) is 0 Å². The molecule has 96 valence electrons. The molecule has 0 spiro atoms. The molecule has 0 amide bonds. The Kier molecular flexibility index (Phi) is 2.94. The quantitative estimate of drug-likeness (QED) is 0.614. The van der Waals surface area contributed by atoms with Gasteiger partial charge in [-0.15, -0.1) is 8.20 Å². The number of fused-ring (bicyclic) bond motifs is 1. The molecule has 0 saturated heterocycles. The largest absolute Gasteiger partial charge is 0.104 e. The molecule has 17 heavy (non-hydrogen) atoms. The lowest BCUT2D eigenvalue weighted by Gasteiger charge is -2.39. The van der Waals surface area contributed by atoms with Gasteiger partial charge in [-0.25, -0.2) is 0 Å². The van der Waals surface area contributed by atoms with Crippen molar-refractivity contribution in [2.45, 2.75) is 59.0 Å². The third kappa shape index (κ3) is 2.01. The highest BCUT2D eigenvalue weighted by Gasteiger charge is 2.50. The number of hydrogen-bond donors (Lipinski definition) is 0. The normalized spacial score (nSPS) is 52.2. The maximum atomic E-state index is 2.59. The molecule has 0 aromatic heterocycles. The van der Waals surface area contributed by atoms with Gasteiger partial charge in [0.2, 0.25) is 0 Å². The fourth-order valence-corrected chi connectivity index (χ4v) is 6.47. The first-order valence-corrected chi connectivity index (χ1v) is 8.59. The van der Waals surface area contributed by atoms with E-state index >= 15 is 0 Å². The summed E-state index contributed by atoms with van der Waals surface area (Å²) in [6, 6.07) is 0. The first-order valence-electron chi connectivity index (χ1n) is 7.56. The van der Waals surface area contributed by atoms with E-state index in [-0.39, 0.29) is 0 Å². The van der Waals surface area contributed by atoms with Gasteiger partial charge in [-0.05, 0) is 54.3 Å². The van der Waals surface area contributed by atoms with Crippen LogP contribution in [0.3, 0.4) is 0 Å². The summed E-state index contributed by atoms with van der Waals surface area (Å²) in [7, 11) is 1.66. The van der Waals surface area contributed by atoms with Gasteiger partial charge in [0.15, 0.2) is 0 Å². The highest BCUT2D eigenvalue weighted by atomic mass is 31.1. The minimum Gasteiger partial charge on any atom is -0.104 e. The van der Waals surface area contributed by atoms with Crippen molar-refractivity contribution in [3.05, 3.63) is 0 Å². The zero-order chi connectivity index (χ0) is 12.2. The Morgan fingerprint density at radius 1 is 1.24 bits per heavy atom. The van der Waals surface area contributed by atoms with E-state index in [9.17, 15) is 0 Å². The molecular weight excluding hydrogens is 223 g/mol. The predicted molar refractivity (Wildman–Crippen MR) is 77.8 cm³/mol. The molecule has 0 bridgehead atoms. The Balaban J connectivity index is 1.76. The summed E-state index contributed by atoms with van der Waals surface area (Å²) in [6.07, 6.45) is 5.96. The second kappa shape index (κ2) is 4.09. The summed E-state index contributed by atoms with van der Waals surface area (Å²) in [5.74, 6) is 7.71. The minimum absolute atomic E-state index is 0.570. The summed E-state index contributed by atoms with van der Waals surface area (Å²) in [5, 5.41) is 0. The van der Waals surface area contributed by atoms with Gasteiger partial charge in [-0.1, -0.05) is 39.9 Å². The predicted octanol–water partition coefficient (Wildman–Crippen LogP) is 4.85. The zero-order valence-corrected chi connectivity index (χ0v) is 12.7. The first-order chi connectivity index (χ1) is 8.03. The van der Waals surface area contributed by atoms with E-state index in [1.54, 1.807) is 14.6 Å². The van der Waals surface area contributed by atoms with Crippen LogP contribution in [0.2, 0.25) is 0 Å². The second-order valence-corrected chi connectivity index (χ2v) is 8.79. The van der Waals surface area contributed by atoms with Crippen LogP contribution in [-0.2, 0) is 0 Å². The van der Waals surface area contributed by atoms with Crippen molar-refractivity contribution < 1.29 is 0 Å². The third-order valence-corrected chi connectivity index (χ3v) is 7.31. The maximum absolute atomic E-state index is 2.59. The summed E-state index contributed by atoms with van der Waals surface area (Å²) >= 11 is 0. The lowest BCUT2D eigenvalue weighted by atomic mass is 9.73. The molecule has 1 heterocycles. The van der Waals surface area contributed by atoms with Crippen LogP contribution >= 0.6 is 8.20 Å². The number of hydrogen-bond acceptors (Lipinski definition) is 0. The molecule has 0 nitrogen and oxygen atoms in total. The van der Waals surface area contributed by atoms with Gasteiger partial charge in [-0.3, -0.25) is 0 Å². The molecule has 3 rings (SSSR count). The van der Waals surface area contributed by atoms with Crippen molar-refractivity contribution in [3.8, 4) is 0 Å². The molecule has 2 aliphatic carbocycles.